The fraction of sp³-hybridized carbons (Fsp3) is 0.182. The maximum Gasteiger partial charge on any atom is 0.167 e. The van der Waals surface area contributed by atoms with Crippen LogP contribution in [0.15, 0.2) is 53.0 Å². The number of methoxy groups -OCH3 is 2. The van der Waals surface area contributed by atoms with Crippen molar-refractivity contribution in [1.29, 1.82) is 0 Å². The van der Waals surface area contributed by atoms with Crippen LogP contribution in [0.5, 0.6) is 17.2 Å². The standard InChI is InChI=1S/C22H19BrCl3NO3/c1-28-20-7-5-15(10-19(20)26)27-11-16-17(23)6-8-21(29-2)22(16)30-12-13-3-4-14(24)9-18(13)25/h3-10,27H,11-12H2,1-2H3. The molecule has 0 spiro atoms. The Bertz CT molecular complexity index is 1050. The number of anilines is 1. The van der Waals surface area contributed by atoms with Crippen molar-refractivity contribution in [2.45, 2.75) is 13.2 Å². The van der Waals surface area contributed by atoms with Gasteiger partial charge in [0.1, 0.15) is 12.4 Å². The van der Waals surface area contributed by atoms with Crippen molar-refractivity contribution in [3.63, 3.8) is 0 Å². The van der Waals surface area contributed by atoms with E-state index in [2.05, 4.69) is 21.2 Å². The molecule has 30 heavy (non-hydrogen) atoms. The number of ether oxygens (including phenoxy) is 3. The highest BCUT2D eigenvalue weighted by Gasteiger charge is 2.16. The van der Waals surface area contributed by atoms with E-state index >= 15 is 0 Å². The molecule has 0 unspecified atom stereocenters. The Morgan fingerprint density at radius 1 is 0.867 bits per heavy atom. The minimum absolute atomic E-state index is 0.268. The summed E-state index contributed by atoms with van der Waals surface area (Å²) >= 11 is 22.1. The lowest BCUT2D eigenvalue weighted by atomic mass is 10.1. The Hall–Kier alpha value is -1.79. The van der Waals surface area contributed by atoms with E-state index in [0.29, 0.717) is 38.9 Å². The highest BCUT2D eigenvalue weighted by molar-refractivity contribution is 9.10. The summed E-state index contributed by atoms with van der Waals surface area (Å²) in [6.07, 6.45) is 0. The van der Waals surface area contributed by atoms with Gasteiger partial charge >= 0.3 is 0 Å². The third-order valence-corrected chi connectivity index (χ3v) is 6.02. The lowest BCUT2D eigenvalue weighted by Crippen LogP contribution is -2.06. The van der Waals surface area contributed by atoms with Crippen LogP contribution in [0.3, 0.4) is 0 Å². The molecule has 4 nitrogen and oxygen atoms in total. The van der Waals surface area contributed by atoms with Crippen molar-refractivity contribution in [1.82, 2.24) is 0 Å². The number of hydrogen-bond donors (Lipinski definition) is 1. The first-order valence-corrected chi connectivity index (χ1v) is 10.8. The topological polar surface area (TPSA) is 39.7 Å². The molecule has 0 atom stereocenters. The molecule has 0 fully saturated rings. The first-order valence-electron chi connectivity index (χ1n) is 8.92. The molecule has 0 aliphatic rings. The van der Waals surface area contributed by atoms with E-state index in [1.54, 1.807) is 26.4 Å². The molecule has 1 N–H and O–H groups in total. The van der Waals surface area contributed by atoms with Crippen molar-refractivity contribution < 1.29 is 14.2 Å². The summed E-state index contributed by atoms with van der Waals surface area (Å²) in [6.45, 7) is 0.744. The maximum absolute atomic E-state index is 6.28. The molecule has 0 radical (unpaired) electrons. The predicted molar refractivity (Wildman–Crippen MR) is 127 cm³/mol. The van der Waals surface area contributed by atoms with E-state index < -0.39 is 0 Å². The van der Waals surface area contributed by atoms with Gasteiger partial charge in [0, 0.05) is 37.9 Å². The lowest BCUT2D eigenvalue weighted by Gasteiger charge is -2.18. The quantitative estimate of drug-likeness (QED) is 0.325. The molecule has 3 rings (SSSR count). The molecular formula is C22H19BrCl3NO3. The van der Waals surface area contributed by atoms with Gasteiger partial charge in [-0.1, -0.05) is 56.8 Å². The van der Waals surface area contributed by atoms with Gasteiger partial charge in [0.05, 0.1) is 19.2 Å². The van der Waals surface area contributed by atoms with Crippen molar-refractivity contribution in [2.24, 2.45) is 0 Å². The number of hydrogen-bond acceptors (Lipinski definition) is 4. The molecule has 0 amide bonds. The zero-order chi connectivity index (χ0) is 21.7. The van der Waals surface area contributed by atoms with Crippen molar-refractivity contribution in [2.75, 3.05) is 19.5 Å². The highest BCUT2D eigenvalue weighted by Crippen LogP contribution is 2.38. The van der Waals surface area contributed by atoms with E-state index in [0.717, 1.165) is 21.3 Å². The molecule has 0 aromatic heterocycles. The molecule has 0 heterocycles. The SMILES string of the molecule is COc1ccc(NCc2c(Br)ccc(OC)c2OCc2ccc(Cl)cc2Cl)cc1Cl. The summed E-state index contributed by atoms with van der Waals surface area (Å²) in [7, 11) is 3.18. The van der Waals surface area contributed by atoms with Crippen molar-refractivity contribution in [3.05, 3.63) is 79.2 Å². The third-order valence-electron chi connectivity index (χ3n) is 4.40. The fourth-order valence-electron chi connectivity index (χ4n) is 2.82. The Labute approximate surface area is 199 Å². The van der Waals surface area contributed by atoms with Gasteiger partial charge in [0.2, 0.25) is 0 Å². The van der Waals surface area contributed by atoms with Crippen LogP contribution in [0.2, 0.25) is 15.1 Å². The van der Waals surface area contributed by atoms with Crippen LogP contribution in [-0.2, 0) is 13.2 Å². The van der Waals surface area contributed by atoms with Gasteiger partial charge in [0.25, 0.3) is 0 Å². The molecule has 3 aromatic rings. The summed E-state index contributed by atoms with van der Waals surface area (Å²) in [5, 5.41) is 5.00. The minimum atomic E-state index is 0.268. The fourth-order valence-corrected chi connectivity index (χ4v) is 3.99. The molecule has 0 aliphatic carbocycles. The first kappa shape index (κ1) is 22.9. The summed E-state index contributed by atoms with van der Waals surface area (Å²) in [4.78, 5) is 0. The van der Waals surface area contributed by atoms with Crippen LogP contribution in [0.4, 0.5) is 5.69 Å². The Morgan fingerprint density at radius 2 is 1.60 bits per heavy atom. The molecular weight excluding hydrogens is 513 g/mol. The van der Waals surface area contributed by atoms with E-state index in [1.165, 1.54) is 0 Å². The monoisotopic (exact) mass is 529 g/mol. The molecule has 0 aliphatic heterocycles. The van der Waals surface area contributed by atoms with E-state index in [-0.39, 0.29) is 6.61 Å². The number of nitrogens with one attached hydrogen (secondary N) is 1. The van der Waals surface area contributed by atoms with Crippen LogP contribution < -0.4 is 19.5 Å². The summed E-state index contributed by atoms with van der Waals surface area (Å²) < 4.78 is 17.7. The Morgan fingerprint density at radius 3 is 2.27 bits per heavy atom. The van der Waals surface area contributed by atoms with Gasteiger partial charge in [-0.05, 0) is 42.5 Å². The minimum Gasteiger partial charge on any atom is -0.495 e. The molecule has 0 bridgehead atoms. The largest absolute Gasteiger partial charge is 0.495 e. The smallest absolute Gasteiger partial charge is 0.167 e. The van der Waals surface area contributed by atoms with Crippen LogP contribution in [0.1, 0.15) is 11.1 Å². The van der Waals surface area contributed by atoms with Gasteiger partial charge < -0.3 is 19.5 Å². The normalized spacial score (nSPS) is 10.6. The van der Waals surface area contributed by atoms with Gasteiger partial charge in [-0.3, -0.25) is 0 Å². The molecule has 3 aromatic carbocycles. The number of halogens is 4. The lowest BCUT2D eigenvalue weighted by molar-refractivity contribution is 0.281. The third kappa shape index (κ3) is 5.46. The average molecular weight is 532 g/mol. The highest BCUT2D eigenvalue weighted by atomic mass is 79.9. The average Bonchev–Trinajstić information content (AvgIpc) is 2.72. The van der Waals surface area contributed by atoms with Gasteiger partial charge in [-0.2, -0.15) is 0 Å². The van der Waals surface area contributed by atoms with Crippen LogP contribution in [-0.4, -0.2) is 14.2 Å². The molecule has 158 valence electrons. The van der Waals surface area contributed by atoms with E-state index in [4.69, 9.17) is 49.0 Å². The predicted octanol–water partition coefficient (Wildman–Crippen LogP) is 7.62. The Kier molecular flexibility index (Phi) is 8.00. The zero-order valence-corrected chi connectivity index (χ0v) is 20.1. The van der Waals surface area contributed by atoms with Gasteiger partial charge in [-0.15, -0.1) is 0 Å². The van der Waals surface area contributed by atoms with Crippen molar-refractivity contribution >= 4 is 56.4 Å². The van der Waals surface area contributed by atoms with Crippen LogP contribution >= 0.6 is 50.7 Å². The van der Waals surface area contributed by atoms with Crippen LogP contribution in [0.25, 0.3) is 0 Å². The molecule has 0 saturated heterocycles. The van der Waals surface area contributed by atoms with Crippen molar-refractivity contribution in [3.8, 4) is 17.2 Å². The van der Waals surface area contributed by atoms with E-state index in [1.807, 2.05) is 36.4 Å². The second-order valence-corrected chi connectivity index (χ2v) is 8.39. The summed E-state index contributed by atoms with van der Waals surface area (Å²) in [5.74, 6) is 1.85. The van der Waals surface area contributed by atoms with Crippen LogP contribution in [0, 0.1) is 0 Å². The zero-order valence-electron chi connectivity index (χ0n) is 16.3. The summed E-state index contributed by atoms with van der Waals surface area (Å²) in [6, 6.07) is 14.6. The maximum atomic E-state index is 6.28. The molecule has 8 heteroatoms. The first-order chi connectivity index (χ1) is 14.4. The number of rotatable bonds is 8. The Balaban J connectivity index is 1.83. The van der Waals surface area contributed by atoms with E-state index in [9.17, 15) is 0 Å². The second kappa shape index (κ2) is 10.5. The van der Waals surface area contributed by atoms with Gasteiger partial charge in [-0.25, -0.2) is 0 Å². The second-order valence-electron chi connectivity index (χ2n) is 6.28. The van der Waals surface area contributed by atoms with Gasteiger partial charge in [0.15, 0.2) is 11.5 Å². The number of benzene rings is 3. The summed E-state index contributed by atoms with van der Waals surface area (Å²) in [5.41, 5.74) is 2.57. The molecule has 0 saturated carbocycles.